The largest absolute Gasteiger partial charge is 0.193 e. The Morgan fingerprint density at radius 3 is 1.50 bits per heavy atom. The van der Waals surface area contributed by atoms with Gasteiger partial charge in [0.2, 0.25) is 0 Å². The molecule has 0 aromatic rings. The van der Waals surface area contributed by atoms with Crippen LogP contribution in [0.25, 0.3) is 0 Å². The van der Waals surface area contributed by atoms with Crippen LogP contribution in [0.3, 0.4) is 0 Å². The molecule has 0 atom stereocenters. The van der Waals surface area contributed by atoms with Crippen molar-refractivity contribution in [3.05, 3.63) is 23.5 Å². The van der Waals surface area contributed by atoms with E-state index < -0.39 is 0 Å². The molecule has 0 fully saturated rings. The van der Waals surface area contributed by atoms with E-state index in [9.17, 15) is 0 Å². The predicted octanol–water partition coefficient (Wildman–Crippen LogP) is 3.00. The highest BCUT2D eigenvalue weighted by Gasteiger charge is 1.97. The molecule has 0 saturated carbocycles. The number of nitrogens with zero attached hydrogens (tertiary/aromatic N) is 2. The van der Waals surface area contributed by atoms with Gasteiger partial charge in [-0.05, 0) is 38.3 Å². The third-order valence-electron chi connectivity index (χ3n) is 1.14. The van der Waals surface area contributed by atoms with Crippen molar-refractivity contribution in [2.24, 2.45) is 9.98 Å². The van der Waals surface area contributed by atoms with E-state index in [0.29, 0.717) is 11.4 Å². The van der Waals surface area contributed by atoms with Crippen LogP contribution in [0, 0.1) is 0 Å². The van der Waals surface area contributed by atoms with Gasteiger partial charge in [-0.2, -0.15) is 9.98 Å². The first kappa shape index (κ1) is 11.1. The number of isothiocyanates is 2. The standard InChI is InChI=1S/C8H8N2S2/c1-3-7(9-5-11)8(4-2)10-6-12/h3-4H,1-2H3/b7-3-,8-4-. The van der Waals surface area contributed by atoms with E-state index in [4.69, 9.17) is 0 Å². The van der Waals surface area contributed by atoms with Gasteiger partial charge in [-0.1, -0.05) is 12.2 Å². The normalized spacial score (nSPS) is 11.5. The Hall–Kier alpha value is -0.920. The molecule has 0 aliphatic heterocycles. The van der Waals surface area contributed by atoms with Crippen LogP contribution in [-0.2, 0) is 0 Å². The Kier molecular flexibility index (Phi) is 6.25. The summed E-state index contributed by atoms with van der Waals surface area (Å²) in [5, 5.41) is 4.54. The van der Waals surface area contributed by atoms with Gasteiger partial charge >= 0.3 is 0 Å². The third-order valence-corrected chi connectivity index (χ3v) is 1.32. The maximum Gasteiger partial charge on any atom is 0.0958 e. The molecule has 0 N–H and O–H groups in total. The minimum atomic E-state index is 0.657. The molecule has 0 heterocycles. The summed E-state index contributed by atoms with van der Waals surface area (Å²) in [5.74, 6) is 0. The summed E-state index contributed by atoms with van der Waals surface area (Å²) in [5.41, 5.74) is 1.31. The van der Waals surface area contributed by atoms with Crippen molar-refractivity contribution in [1.29, 1.82) is 0 Å². The van der Waals surface area contributed by atoms with Crippen molar-refractivity contribution >= 4 is 34.8 Å². The number of aliphatic imine (C=N–C) groups is 2. The molecule has 0 aliphatic rings. The summed E-state index contributed by atoms with van der Waals surface area (Å²) in [6.07, 6.45) is 3.57. The molecule has 2 nitrogen and oxygen atoms in total. The second-order valence-electron chi connectivity index (χ2n) is 1.75. The molecule has 0 aromatic heterocycles. The molecule has 0 aliphatic carbocycles. The summed E-state index contributed by atoms with van der Waals surface area (Å²) >= 11 is 8.95. The van der Waals surface area contributed by atoms with E-state index in [1.165, 1.54) is 0 Å². The number of hydrogen-bond acceptors (Lipinski definition) is 4. The summed E-state index contributed by atoms with van der Waals surface area (Å²) < 4.78 is 0. The van der Waals surface area contributed by atoms with E-state index in [1.54, 1.807) is 12.2 Å². The Morgan fingerprint density at radius 2 is 1.33 bits per heavy atom. The first-order valence-corrected chi connectivity index (χ1v) is 4.10. The van der Waals surface area contributed by atoms with E-state index >= 15 is 0 Å². The average Bonchev–Trinajstić information content (AvgIpc) is 2.11. The van der Waals surface area contributed by atoms with Gasteiger partial charge in [0, 0.05) is 0 Å². The van der Waals surface area contributed by atoms with Crippen molar-refractivity contribution in [2.45, 2.75) is 13.8 Å². The van der Waals surface area contributed by atoms with Gasteiger partial charge in [-0.15, -0.1) is 0 Å². The van der Waals surface area contributed by atoms with Crippen LogP contribution in [0.5, 0.6) is 0 Å². The SMILES string of the molecule is C/C=C(N=C=S)/C(=C/C)N=C=S. The molecule has 12 heavy (non-hydrogen) atoms. The Morgan fingerprint density at radius 1 is 1.00 bits per heavy atom. The van der Waals surface area contributed by atoms with Crippen LogP contribution in [0.1, 0.15) is 13.8 Å². The molecule has 0 amide bonds. The zero-order valence-corrected chi connectivity index (χ0v) is 8.50. The molecular weight excluding hydrogens is 188 g/mol. The Balaban J connectivity index is 4.96. The van der Waals surface area contributed by atoms with Gasteiger partial charge < -0.3 is 0 Å². The fraction of sp³-hybridized carbons (Fsp3) is 0.250. The molecule has 0 spiro atoms. The van der Waals surface area contributed by atoms with E-state index in [2.05, 4.69) is 44.7 Å². The quantitative estimate of drug-likeness (QED) is 0.394. The topological polar surface area (TPSA) is 24.7 Å². The summed E-state index contributed by atoms with van der Waals surface area (Å²) in [4.78, 5) is 7.62. The highest BCUT2D eigenvalue weighted by Crippen LogP contribution is 2.11. The van der Waals surface area contributed by atoms with Gasteiger partial charge in [0.15, 0.2) is 0 Å². The lowest BCUT2D eigenvalue weighted by atomic mass is 10.3. The van der Waals surface area contributed by atoms with Crippen molar-refractivity contribution in [1.82, 2.24) is 0 Å². The summed E-state index contributed by atoms with van der Waals surface area (Å²) in [7, 11) is 0. The first-order valence-electron chi connectivity index (χ1n) is 3.28. The average molecular weight is 196 g/mol. The third kappa shape index (κ3) is 3.46. The minimum Gasteiger partial charge on any atom is -0.193 e. The fourth-order valence-corrected chi connectivity index (χ4v) is 0.834. The van der Waals surface area contributed by atoms with Crippen molar-refractivity contribution in [2.75, 3.05) is 0 Å². The minimum absolute atomic E-state index is 0.657. The van der Waals surface area contributed by atoms with Gasteiger partial charge in [-0.3, -0.25) is 0 Å². The van der Waals surface area contributed by atoms with E-state index in [1.807, 2.05) is 13.8 Å². The maximum atomic E-state index is 4.47. The first-order chi connectivity index (χ1) is 5.79. The van der Waals surface area contributed by atoms with E-state index in [0.717, 1.165) is 0 Å². The van der Waals surface area contributed by atoms with Crippen LogP contribution in [0.15, 0.2) is 33.5 Å². The number of rotatable bonds is 3. The molecule has 0 radical (unpaired) electrons. The van der Waals surface area contributed by atoms with Crippen LogP contribution in [0.4, 0.5) is 0 Å². The van der Waals surface area contributed by atoms with E-state index in [-0.39, 0.29) is 0 Å². The second kappa shape index (κ2) is 6.77. The van der Waals surface area contributed by atoms with Crippen LogP contribution in [-0.4, -0.2) is 10.3 Å². The number of allylic oxidation sites excluding steroid dienone is 2. The van der Waals surface area contributed by atoms with Gasteiger partial charge in [0.05, 0.1) is 21.7 Å². The van der Waals surface area contributed by atoms with Gasteiger partial charge in [0.25, 0.3) is 0 Å². The monoisotopic (exact) mass is 196 g/mol. The Labute approximate surface area is 82.4 Å². The lowest BCUT2D eigenvalue weighted by molar-refractivity contribution is 1.23. The smallest absolute Gasteiger partial charge is 0.0958 e. The highest BCUT2D eigenvalue weighted by atomic mass is 32.1. The summed E-state index contributed by atoms with van der Waals surface area (Å²) in [6.45, 7) is 3.68. The lowest BCUT2D eigenvalue weighted by Gasteiger charge is -1.95. The molecule has 0 rings (SSSR count). The van der Waals surface area contributed by atoms with Crippen molar-refractivity contribution in [3.63, 3.8) is 0 Å². The maximum absolute atomic E-state index is 4.47. The number of hydrogen-bond donors (Lipinski definition) is 0. The molecule has 0 unspecified atom stereocenters. The van der Waals surface area contributed by atoms with Crippen LogP contribution < -0.4 is 0 Å². The van der Waals surface area contributed by atoms with Crippen LogP contribution >= 0.6 is 24.4 Å². The second-order valence-corrected chi connectivity index (χ2v) is 2.12. The van der Waals surface area contributed by atoms with Gasteiger partial charge in [0.1, 0.15) is 0 Å². The molecule has 62 valence electrons. The zero-order chi connectivity index (χ0) is 9.40. The molecule has 4 heteroatoms. The van der Waals surface area contributed by atoms with Gasteiger partial charge in [-0.25, -0.2) is 0 Å². The molecule has 0 aromatic carbocycles. The predicted molar refractivity (Wildman–Crippen MR) is 57.6 cm³/mol. The molecular formula is C8H8N2S2. The fourth-order valence-electron chi connectivity index (χ4n) is 0.638. The van der Waals surface area contributed by atoms with Crippen molar-refractivity contribution < 1.29 is 0 Å². The zero-order valence-electron chi connectivity index (χ0n) is 6.87. The van der Waals surface area contributed by atoms with Crippen molar-refractivity contribution in [3.8, 4) is 0 Å². The summed E-state index contributed by atoms with van der Waals surface area (Å²) in [6, 6.07) is 0. The van der Waals surface area contributed by atoms with Crippen LogP contribution in [0.2, 0.25) is 0 Å². The number of thiocarbonyl (C=S) groups is 2. The molecule has 0 saturated heterocycles. The highest BCUT2D eigenvalue weighted by molar-refractivity contribution is 7.78. The Bertz CT molecular complexity index is 271. The lowest BCUT2D eigenvalue weighted by Crippen LogP contribution is -1.81. The molecule has 0 bridgehead atoms.